The molecule has 1 aromatic rings. The number of nitrogens with zero attached hydrogens (tertiary/aromatic N) is 1. The van der Waals surface area contributed by atoms with Gasteiger partial charge in [-0.2, -0.15) is 0 Å². The number of benzene rings is 1. The van der Waals surface area contributed by atoms with Gasteiger partial charge < -0.3 is 0 Å². The van der Waals surface area contributed by atoms with Crippen LogP contribution in [0.2, 0.25) is 0 Å². The van der Waals surface area contributed by atoms with Crippen LogP contribution in [0.4, 0.5) is 4.39 Å². The molecule has 3 N–H and O–H groups in total. The van der Waals surface area contributed by atoms with Crippen LogP contribution in [0.5, 0.6) is 0 Å². The molecule has 1 unspecified atom stereocenters. The van der Waals surface area contributed by atoms with E-state index in [1.165, 1.54) is 51.6 Å². The number of hydrazine groups is 1. The van der Waals surface area contributed by atoms with Gasteiger partial charge in [0.15, 0.2) is 0 Å². The number of rotatable bonds is 4. The first kappa shape index (κ1) is 14.9. The molecule has 1 heterocycles. The average Bonchev–Trinajstić information content (AvgIpc) is 3.13. The molecule has 1 aromatic carbocycles. The molecule has 116 valence electrons. The maximum Gasteiger partial charge on any atom is 0.123 e. The molecule has 4 heteroatoms. The lowest BCUT2D eigenvalue weighted by molar-refractivity contribution is 0.0761. The zero-order chi connectivity index (χ0) is 14.9. The number of aryl methyl sites for hydroxylation is 1. The molecule has 0 aromatic heterocycles. The molecule has 1 saturated carbocycles. The van der Waals surface area contributed by atoms with Gasteiger partial charge in [-0.1, -0.05) is 18.9 Å². The number of nitrogens with two attached hydrogens (primary N) is 1. The molecule has 0 radical (unpaired) electrons. The molecule has 0 bridgehead atoms. The lowest BCUT2D eigenvalue weighted by atomic mass is 9.81. The molecular formula is C17H26FN3. The van der Waals surface area contributed by atoms with Crippen molar-refractivity contribution in [1.29, 1.82) is 0 Å². The van der Waals surface area contributed by atoms with Crippen LogP contribution in [0.1, 0.15) is 55.7 Å². The Morgan fingerprint density at radius 1 is 1.19 bits per heavy atom. The molecule has 1 saturated heterocycles. The molecule has 3 rings (SSSR count). The van der Waals surface area contributed by atoms with Crippen LogP contribution in [0.25, 0.3) is 0 Å². The minimum Gasteiger partial charge on any atom is -0.296 e. The summed E-state index contributed by atoms with van der Waals surface area (Å²) in [6.07, 6.45) is 7.43. The largest absolute Gasteiger partial charge is 0.296 e. The zero-order valence-corrected chi connectivity index (χ0v) is 12.9. The van der Waals surface area contributed by atoms with Crippen LogP contribution < -0.4 is 11.3 Å². The van der Waals surface area contributed by atoms with Crippen molar-refractivity contribution in [2.45, 2.75) is 57.0 Å². The third-order valence-corrected chi connectivity index (χ3v) is 5.45. The fourth-order valence-corrected chi connectivity index (χ4v) is 4.43. The van der Waals surface area contributed by atoms with E-state index >= 15 is 0 Å². The Balaban J connectivity index is 1.99. The van der Waals surface area contributed by atoms with E-state index in [0.29, 0.717) is 0 Å². The van der Waals surface area contributed by atoms with E-state index in [2.05, 4.69) is 10.3 Å². The van der Waals surface area contributed by atoms with Crippen molar-refractivity contribution in [3.63, 3.8) is 0 Å². The minimum atomic E-state index is -0.173. The predicted octanol–water partition coefficient (Wildman–Crippen LogP) is 3.05. The van der Waals surface area contributed by atoms with Crippen LogP contribution >= 0.6 is 0 Å². The lowest BCUT2D eigenvalue weighted by Crippen LogP contribution is -2.55. The highest BCUT2D eigenvalue weighted by atomic mass is 19.1. The summed E-state index contributed by atoms with van der Waals surface area (Å²) in [5.74, 6) is 5.80. The normalized spacial score (nSPS) is 23.6. The fraction of sp³-hybridized carbons (Fsp3) is 0.647. The van der Waals surface area contributed by atoms with E-state index in [-0.39, 0.29) is 17.4 Å². The number of hydrogen-bond acceptors (Lipinski definition) is 3. The first-order valence-corrected chi connectivity index (χ1v) is 8.14. The molecular weight excluding hydrogens is 265 g/mol. The van der Waals surface area contributed by atoms with Crippen LogP contribution in [-0.4, -0.2) is 23.5 Å². The SMILES string of the molecule is Cc1cc(F)ccc1C(NN)C1(N2CCCC2)CCCC1. The van der Waals surface area contributed by atoms with Gasteiger partial charge in [0.1, 0.15) is 5.82 Å². The highest BCUT2D eigenvalue weighted by molar-refractivity contribution is 5.33. The Morgan fingerprint density at radius 3 is 2.43 bits per heavy atom. The number of halogens is 1. The maximum atomic E-state index is 13.4. The second-order valence-electron chi connectivity index (χ2n) is 6.61. The third kappa shape index (κ3) is 2.60. The first-order valence-electron chi connectivity index (χ1n) is 8.14. The topological polar surface area (TPSA) is 41.3 Å². The monoisotopic (exact) mass is 291 g/mol. The second-order valence-corrected chi connectivity index (χ2v) is 6.61. The van der Waals surface area contributed by atoms with Crippen LogP contribution in [0, 0.1) is 12.7 Å². The van der Waals surface area contributed by atoms with Gasteiger partial charge >= 0.3 is 0 Å². The van der Waals surface area contributed by atoms with Gasteiger partial charge in [-0.3, -0.25) is 16.2 Å². The summed E-state index contributed by atoms with van der Waals surface area (Å²) >= 11 is 0. The zero-order valence-electron chi connectivity index (χ0n) is 12.9. The second kappa shape index (κ2) is 6.03. The van der Waals surface area contributed by atoms with E-state index in [1.807, 2.05) is 13.0 Å². The predicted molar refractivity (Wildman–Crippen MR) is 83.2 cm³/mol. The minimum absolute atomic E-state index is 0.0821. The highest BCUT2D eigenvalue weighted by Crippen LogP contribution is 2.46. The van der Waals surface area contributed by atoms with Crippen molar-refractivity contribution in [3.05, 3.63) is 35.1 Å². The molecule has 0 amide bonds. The quantitative estimate of drug-likeness (QED) is 0.662. The Labute approximate surface area is 126 Å². The van der Waals surface area contributed by atoms with E-state index in [9.17, 15) is 4.39 Å². The average molecular weight is 291 g/mol. The van der Waals surface area contributed by atoms with Gasteiger partial charge in [0.05, 0.1) is 6.04 Å². The van der Waals surface area contributed by atoms with Crippen molar-refractivity contribution in [2.24, 2.45) is 5.84 Å². The van der Waals surface area contributed by atoms with Gasteiger partial charge in [0.2, 0.25) is 0 Å². The molecule has 3 nitrogen and oxygen atoms in total. The smallest absolute Gasteiger partial charge is 0.123 e. The summed E-state index contributed by atoms with van der Waals surface area (Å²) in [5.41, 5.74) is 5.31. The van der Waals surface area contributed by atoms with Crippen molar-refractivity contribution < 1.29 is 4.39 Å². The molecule has 1 aliphatic carbocycles. The number of likely N-dealkylation sites (tertiary alicyclic amines) is 1. The summed E-state index contributed by atoms with van der Waals surface area (Å²) in [5, 5.41) is 0. The van der Waals surface area contributed by atoms with Crippen molar-refractivity contribution in [1.82, 2.24) is 10.3 Å². The first-order chi connectivity index (χ1) is 10.2. The van der Waals surface area contributed by atoms with E-state index in [1.54, 1.807) is 12.1 Å². The summed E-state index contributed by atoms with van der Waals surface area (Å²) in [6, 6.07) is 5.16. The summed E-state index contributed by atoms with van der Waals surface area (Å²) in [4.78, 5) is 2.63. The third-order valence-electron chi connectivity index (χ3n) is 5.45. The van der Waals surface area contributed by atoms with Gasteiger partial charge in [0, 0.05) is 5.54 Å². The summed E-state index contributed by atoms with van der Waals surface area (Å²) < 4.78 is 13.4. The van der Waals surface area contributed by atoms with Gasteiger partial charge in [-0.25, -0.2) is 4.39 Å². The fourth-order valence-electron chi connectivity index (χ4n) is 4.43. The molecule has 2 aliphatic rings. The van der Waals surface area contributed by atoms with Crippen LogP contribution in [0.15, 0.2) is 18.2 Å². The Morgan fingerprint density at radius 2 is 1.86 bits per heavy atom. The molecule has 21 heavy (non-hydrogen) atoms. The van der Waals surface area contributed by atoms with E-state index in [4.69, 9.17) is 5.84 Å². The molecule has 0 spiro atoms. The lowest BCUT2D eigenvalue weighted by Gasteiger charge is -2.45. The van der Waals surface area contributed by atoms with Crippen LogP contribution in [0.3, 0.4) is 0 Å². The van der Waals surface area contributed by atoms with Crippen molar-refractivity contribution >= 4 is 0 Å². The Hall–Kier alpha value is -0.970. The number of nitrogens with one attached hydrogen (secondary N) is 1. The summed E-state index contributed by atoms with van der Waals surface area (Å²) in [6.45, 7) is 4.31. The number of hydrogen-bond donors (Lipinski definition) is 2. The van der Waals surface area contributed by atoms with Crippen molar-refractivity contribution in [2.75, 3.05) is 13.1 Å². The van der Waals surface area contributed by atoms with Crippen molar-refractivity contribution in [3.8, 4) is 0 Å². The molecule has 1 atom stereocenters. The van der Waals surface area contributed by atoms with E-state index < -0.39 is 0 Å². The van der Waals surface area contributed by atoms with Crippen LogP contribution in [-0.2, 0) is 0 Å². The van der Waals surface area contributed by atoms with Gasteiger partial charge in [-0.15, -0.1) is 0 Å². The standard InChI is InChI=1S/C17H26FN3/c1-13-12-14(18)6-7-15(13)16(20-19)17(8-2-3-9-17)21-10-4-5-11-21/h6-7,12,16,20H,2-5,8-11,19H2,1H3. The van der Waals surface area contributed by atoms with Gasteiger partial charge in [-0.05, 0) is 69.0 Å². The Bertz CT molecular complexity index is 491. The van der Waals surface area contributed by atoms with E-state index in [0.717, 1.165) is 11.1 Å². The maximum absolute atomic E-state index is 13.4. The molecule has 1 aliphatic heterocycles. The highest BCUT2D eigenvalue weighted by Gasteiger charge is 2.47. The molecule has 2 fully saturated rings. The van der Waals surface area contributed by atoms with Gasteiger partial charge in [0.25, 0.3) is 0 Å². The Kier molecular flexibility index (Phi) is 4.29. The summed E-state index contributed by atoms with van der Waals surface area (Å²) in [7, 11) is 0.